The second-order valence-electron chi connectivity index (χ2n) is 5.74. The van der Waals surface area contributed by atoms with Crippen molar-refractivity contribution in [2.24, 2.45) is 5.10 Å². The van der Waals surface area contributed by atoms with Gasteiger partial charge in [0, 0.05) is 11.4 Å². The summed E-state index contributed by atoms with van der Waals surface area (Å²) in [7, 11) is 0. The highest BCUT2D eigenvalue weighted by atomic mass is 35.5. The Balaban J connectivity index is 1.63. The third kappa shape index (κ3) is 4.80. The normalized spacial score (nSPS) is 11.2. The largest absolute Gasteiger partial charge is 0.489 e. The Labute approximate surface area is 162 Å². The van der Waals surface area contributed by atoms with E-state index in [2.05, 4.69) is 22.2 Å². The van der Waals surface area contributed by atoms with Crippen LogP contribution in [0.4, 0.5) is 0 Å². The summed E-state index contributed by atoms with van der Waals surface area (Å²) in [6.45, 7) is 2.59. The summed E-state index contributed by atoms with van der Waals surface area (Å²) < 4.78 is 7.93. The van der Waals surface area contributed by atoms with E-state index in [0.29, 0.717) is 11.4 Å². The van der Waals surface area contributed by atoms with E-state index in [0.717, 1.165) is 40.6 Å². The van der Waals surface area contributed by atoms with Gasteiger partial charge in [0.15, 0.2) is 5.82 Å². The Morgan fingerprint density at radius 2 is 1.92 bits per heavy atom. The Bertz CT molecular complexity index is 929. The van der Waals surface area contributed by atoms with Crippen LogP contribution >= 0.6 is 23.8 Å². The van der Waals surface area contributed by atoms with Gasteiger partial charge in [-0.25, -0.2) is 0 Å². The molecule has 5 nitrogen and oxygen atoms in total. The Morgan fingerprint density at radius 1 is 1.19 bits per heavy atom. The van der Waals surface area contributed by atoms with Crippen LogP contribution in [-0.2, 0) is 13.0 Å². The van der Waals surface area contributed by atoms with Crippen molar-refractivity contribution in [3.63, 3.8) is 0 Å². The predicted molar refractivity (Wildman–Crippen MR) is 107 cm³/mol. The topological polar surface area (TPSA) is 55.2 Å². The van der Waals surface area contributed by atoms with Gasteiger partial charge in [-0.2, -0.15) is 14.9 Å². The van der Waals surface area contributed by atoms with Crippen LogP contribution in [0.15, 0.2) is 53.6 Å². The fraction of sp³-hybridized carbons (Fsp3) is 0.211. The van der Waals surface area contributed by atoms with Gasteiger partial charge in [0.05, 0.1) is 6.21 Å². The third-order valence-electron chi connectivity index (χ3n) is 3.71. The third-order valence-corrected chi connectivity index (χ3v) is 4.23. The van der Waals surface area contributed by atoms with Crippen molar-refractivity contribution in [1.29, 1.82) is 0 Å². The first-order valence-electron chi connectivity index (χ1n) is 8.33. The Morgan fingerprint density at radius 3 is 2.62 bits per heavy atom. The molecule has 1 aromatic heterocycles. The van der Waals surface area contributed by atoms with E-state index in [1.54, 1.807) is 10.9 Å². The van der Waals surface area contributed by atoms with E-state index in [1.807, 2.05) is 48.5 Å². The Hall–Kier alpha value is -2.44. The highest BCUT2D eigenvalue weighted by Gasteiger charge is 2.03. The number of halogens is 1. The summed E-state index contributed by atoms with van der Waals surface area (Å²) in [6, 6.07) is 15.3. The van der Waals surface area contributed by atoms with E-state index in [-0.39, 0.29) is 0 Å². The number of hydrogen-bond donors (Lipinski definition) is 1. The molecule has 26 heavy (non-hydrogen) atoms. The minimum Gasteiger partial charge on any atom is -0.489 e. The first-order valence-corrected chi connectivity index (χ1v) is 9.12. The number of aromatic nitrogens is 3. The first-order chi connectivity index (χ1) is 12.7. The molecule has 0 amide bonds. The van der Waals surface area contributed by atoms with Crippen molar-refractivity contribution in [1.82, 2.24) is 14.9 Å². The minimum absolute atomic E-state index is 0.493. The maximum Gasteiger partial charge on any atom is 0.216 e. The van der Waals surface area contributed by atoms with Crippen molar-refractivity contribution in [3.8, 4) is 5.75 Å². The van der Waals surface area contributed by atoms with Gasteiger partial charge in [0.1, 0.15) is 12.4 Å². The van der Waals surface area contributed by atoms with Crippen molar-refractivity contribution >= 4 is 30.0 Å². The lowest BCUT2D eigenvalue weighted by molar-refractivity contribution is 0.306. The molecule has 0 saturated heterocycles. The van der Waals surface area contributed by atoms with Crippen molar-refractivity contribution in [3.05, 3.63) is 75.3 Å². The SMILES string of the molecule is CCCc1n[nH]c(=S)n1/N=C\c1ccc(OCc2ccc(Cl)cc2)cc1. The quantitative estimate of drug-likeness (QED) is 0.458. The molecular weight excluding hydrogens is 368 g/mol. The molecule has 1 heterocycles. The summed E-state index contributed by atoms with van der Waals surface area (Å²) in [4.78, 5) is 0. The number of benzene rings is 2. The Kier molecular flexibility index (Phi) is 6.20. The molecule has 3 rings (SSSR count). The summed E-state index contributed by atoms with van der Waals surface area (Å²) in [5.41, 5.74) is 2.02. The highest BCUT2D eigenvalue weighted by molar-refractivity contribution is 7.71. The van der Waals surface area contributed by atoms with Crippen LogP contribution in [0.1, 0.15) is 30.3 Å². The van der Waals surface area contributed by atoms with Gasteiger partial charge in [0.2, 0.25) is 4.77 Å². The van der Waals surface area contributed by atoms with Crippen molar-refractivity contribution < 1.29 is 4.74 Å². The molecule has 7 heteroatoms. The molecule has 0 aliphatic heterocycles. The molecular formula is C19H19ClN4OS. The second-order valence-corrected chi connectivity index (χ2v) is 6.56. The molecule has 2 aromatic carbocycles. The maximum absolute atomic E-state index is 5.88. The van der Waals surface area contributed by atoms with Crippen molar-refractivity contribution in [2.45, 2.75) is 26.4 Å². The van der Waals surface area contributed by atoms with Crippen LogP contribution in [0.5, 0.6) is 5.75 Å². The van der Waals surface area contributed by atoms with Crippen LogP contribution in [0.25, 0.3) is 0 Å². The molecule has 0 spiro atoms. The number of rotatable bonds is 7. The maximum atomic E-state index is 5.88. The fourth-order valence-corrected chi connectivity index (χ4v) is 2.67. The van der Waals surface area contributed by atoms with Gasteiger partial charge >= 0.3 is 0 Å². The second kappa shape index (κ2) is 8.78. The molecule has 0 aliphatic rings. The van der Waals surface area contributed by atoms with Crippen LogP contribution < -0.4 is 4.74 Å². The molecule has 0 radical (unpaired) electrons. The molecule has 0 atom stereocenters. The predicted octanol–water partition coefficient (Wildman–Crippen LogP) is 5.01. The molecule has 1 N–H and O–H groups in total. The van der Waals surface area contributed by atoms with Gasteiger partial charge in [-0.15, -0.1) is 0 Å². The zero-order chi connectivity index (χ0) is 18.4. The van der Waals surface area contributed by atoms with Gasteiger partial charge in [-0.1, -0.05) is 30.7 Å². The number of aryl methyl sites for hydroxylation is 1. The summed E-state index contributed by atoms with van der Waals surface area (Å²) in [6.07, 6.45) is 3.56. The zero-order valence-corrected chi connectivity index (χ0v) is 15.9. The average Bonchev–Trinajstić information content (AvgIpc) is 3.00. The molecule has 0 fully saturated rings. The number of ether oxygens (including phenoxy) is 1. The lowest BCUT2D eigenvalue weighted by Gasteiger charge is -2.06. The lowest BCUT2D eigenvalue weighted by atomic mass is 10.2. The van der Waals surface area contributed by atoms with Crippen LogP contribution in [0.2, 0.25) is 5.02 Å². The van der Waals surface area contributed by atoms with E-state index in [4.69, 9.17) is 28.6 Å². The number of aromatic amines is 1. The number of H-pyrrole nitrogens is 1. The average molecular weight is 387 g/mol. The van der Waals surface area contributed by atoms with Crippen LogP contribution in [0.3, 0.4) is 0 Å². The summed E-state index contributed by atoms with van der Waals surface area (Å²) >= 11 is 11.1. The van der Waals surface area contributed by atoms with Gasteiger partial charge in [0.25, 0.3) is 0 Å². The smallest absolute Gasteiger partial charge is 0.216 e. The van der Waals surface area contributed by atoms with E-state index < -0.39 is 0 Å². The number of nitrogens with one attached hydrogen (secondary N) is 1. The lowest BCUT2D eigenvalue weighted by Crippen LogP contribution is -1.99. The zero-order valence-electron chi connectivity index (χ0n) is 14.4. The van der Waals surface area contributed by atoms with Gasteiger partial charge in [-0.3, -0.25) is 5.10 Å². The van der Waals surface area contributed by atoms with E-state index in [9.17, 15) is 0 Å². The first kappa shape index (κ1) is 18.4. The van der Waals surface area contributed by atoms with Crippen LogP contribution in [0, 0.1) is 4.77 Å². The van der Waals surface area contributed by atoms with Crippen LogP contribution in [-0.4, -0.2) is 21.1 Å². The standard InChI is InChI=1S/C19H19ClN4OS/c1-2-3-18-22-23-19(26)24(18)21-12-14-6-10-17(11-7-14)25-13-15-4-8-16(20)9-5-15/h4-12H,2-3,13H2,1H3,(H,23,26)/b21-12-. The van der Waals surface area contributed by atoms with Gasteiger partial charge in [-0.05, 0) is 66.2 Å². The van der Waals surface area contributed by atoms with E-state index >= 15 is 0 Å². The number of nitrogens with zero attached hydrogens (tertiary/aromatic N) is 3. The molecule has 3 aromatic rings. The molecule has 0 bridgehead atoms. The monoisotopic (exact) mass is 386 g/mol. The fourth-order valence-electron chi connectivity index (χ4n) is 2.35. The van der Waals surface area contributed by atoms with Crippen molar-refractivity contribution in [2.75, 3.05) is 0 Å². The highest BCUT2D eigenvalue weighted by Crippen LogP contribution is 2.15. The molecule has 134 valence electrons. The molecule has 0 aliphatic carbocycles. The molecule has 0 unspecified atom stereocenters. The van der Waals surface area contributed by atoms with E-state index in [1.165, 1.54) is 0 Å². The van der Waals surface area contributed by atoms with Gasteiger partial charge < -0.3 is 4.74 Å². The summed E-state index contributed by atoms with van der Waals surface area (Å²) in [5, 5.41) is 12.1. The summed E-state index contributed by atoms with van der Waals surface area (Å²) in [5.74, 6) is 1.63. The molecule has 0 saturated carbocycles. The number of hydrogen-bond acceptors (Lipinski definition) is 4. The minimum atomic E-state index is 0.493.